The summed E-state index contributed by atoms with van der Waals surface area (Å²) >= 11 is 0. The average Bonchev–Trinajstić information content (AvgIpc) is 2.95. The number of amides is 3. The number of piperidine rings is 1. The number of aryl methyl sites for hydroxylation is 1. The van der Waals surface area contributed by atoms with Crippen molar-refractivity contribution in [1.29, 1.82) is 5.26 Å². The summed E-state index contributed by atoms with van der Waals surface area (Å²) in [5.41, 5.74) is 3.69. The van der Waals surface area contributed by atoms with Gasteiger partial charge in [0.1, 0.15) is 0 Å². The Morgan fingerprint density at radius 3 is 2.25 bits per heavy atom. The lowest BCUT2D eigenvalue weighted by atomic mass is 9.89. The van der Waals surface area contributed by atoms with Crippen LogP contribution in [0.2, 0.25) is 0 Å². The molecule has 3 N–H and O–H groups in total. The average molecular weight is 567 g/mol. The molecule has 0 radical (unpaired) electrons. The third-order valence-electron chi connectivity index (χ3n) is 7.89. The zero-order chi connectivity index (χ0) is 28.9. The van der Waals surface area contributed by atoms with Crippen LogP contribution in [-0.4, -0.2) is 68.8 Å². The van der Waals surface area contributed by atoms with Gasteiger partial charge < -0.3 is 15.5 Å². The third kappa shape index (κ3) is 7.18. The van der Waals surface area contributed by atoms with E-state index in [0.717, 1.165) is 35.6 Å². The molecule has 1 saturated carbocycles. The summed E-state index contributed by atoms with van der Waals surface area (Å²) in [6, 6.07) is 13.9. The van der Waals surface area contributed by atoms with Crippen LogP contribution >= 0.6 is 0 Å². The SMILES string of the molecule is Cc1ccc(C(=O)N2CCC(c3ccc(C#N)cc3)CC2)cc1NC(=O)N[C@H]1CCCC[C@H]1NS(=O)(=O)N(C)C. The lowest BCUT2D eigenvalue weighted by Gasteiger charge is -2.33. The molecule has 2 aromatic carbocycles. The number of hydrogen-bond donors (Lipinski definition) is 3. The minimum absolute atomic E-state index is 0.0767. The van der Waals surface area contributed by atoms with E-state index in [9.17, 15) is 18.0 Å². The largest absolute Gasteiger partial charge is 0.339 e. The van der Waals surface area contributed by atoms with E-state index < -0.39 is 22.3 Å². The van der Waals surface area contributed by atoms with Crippen molar-refractivity contribution in [2.75, 3.05) is 32.5 Å². The Hall–Kier alpha value is -3.46. The van der Waals surface area contributed by atoms with Crippen LogP contribution in [0.5, 0.6) is 0 Å². The van der Waals surface area contributed by atoms with Crippen LogP contribution in [0.4, 0.5) is 10.5 Å². The number of carbonyl (C=O) groups is 2. The predicted octanol–water partition coefficient (Wildman–Crippen LogP) is 3.72. The number of rotatable bonds is 7. The van der Waals surface area contributed by atoms with Crippen molar-refractivity contribution < 1.29 is 18.0 Å². The Kier molecular flexibility index (Phi) is 9.45. The number of nitrogens with one attached hydrogen (secondary N) is 3. The first kappa shape index (κ1) is 29.5. The van der Waals surface area contributed by atoms with Crippen LogP contribution in [0.25, 0.3) is 0 Å². The fourth-order valence-electron chi connectivity index (χ4n) is 5.39. The maximum atomic E-state index is 13.3. The highest BCUT2D eigenvalue weighted by Gasteiger charge is 2.31. The topological polar surface area (TPSA) is 135 Å². The van der Waals surface area contributed by atoms with E-state index in [0.29, 0.717) is 48.7 Å². The highest BCUT2D eigenvalue weighted by molar-refractivity contribution is 7.87. The van der Waals surface area contributed by atoms with Gasteiger partial charge in [-0.3, -0.25) is 4.79 Å². The van der Waals surface area contributed by atoms with E-state index in [2.05, 4.69) is 21.4 Å². The molecule has 0 unspecified atom stereocenters. The molecule has 0 spiro atoms. The Bertz CT molecular complexity index is 1360. The standard InChI is InChI=1S/C29H38N6O4S/c1-20-8-11-24(28(36)35-16-14-23(15-17-35)22-12-9-21(19-30)10-13-22)18-27(20)32-29(37)31-25-6-4-5-7-26(25)33-40(38,39)34(2)3/h8-13,18,23,25-26,33H,4-7,14-17H2,1-3H3,(H2,31,32,37)/t25-,26+/m0/s1. The molecule has 2 aliphatic rings. The predicted molar refractivity (Wildman–Crippen MR) is 154 cm³/mol. The highest BCUT2D eigenvalue weighted by Crippen LogP contribution is 2.29. The fourth-order valence-corrected chi connectivity index (χ4v) is 6.26. The lowest BCUT2D eigenvalue weighted by Crippen LogP contribution is -2.55. The summed E-state index contributed by atoms with van der Waals surface area (Å²) in [6.45, 7) is 3.13. The molecule has 1 aliphatic carbocycles. The second kappa shape index (κ2) is 12.8. The van der Waals surface area contributed by atoms with E-state index in [1.54, 1.807) is 12.1 Å². The summed E-state index contributed by atoms with van der Waals surface area (Å²) in [5.74, 6) is 0.272. The van der Waals surface area contributed by atoms with Gasteiger partial charge in [-0.25, -0.2) is 4.79 Å². The molecule has 3 amide bonds. The third-order valence-corrected chi connectivity index (χ3v) is 9.45. The van der Waals surface area contributed by atoms with Gasteiger partial charge in [-0.2, -0.15) is 22.7 Å². The zero-order valence-corrected chi connectivity index (χ0v) is 24.1. The van der Waals surface area contributed by atoms with E-state index >= 15 is 0 Å². The number of benzene rings is 2. The molecule has 0 aromatic heterocycles. The van der Waals surface area contributed by atoms with Gasteiger partial charge in [0.25, 0.3) is 16.1 Å². The van der Waals surface area contributed by atoms with Gasteiger partial charge >= 0.3 is 6.03 Å². The van der Waals surface area contributed by atoms with Crippen molar-refractivity contribution >= 4 is 27.8 Å². The van der Waals surface area contributed by atoms with Crippen LogP contribution in [0, 0.1) is 18.3 Å². The first-order valence-corrected chi connectivity index (χ1v) is 15.2. The molecule has 4 rings (SSSR count). The summed E-state index contributed by atoms with van der Waals surface area (Å²) < 4.78 is 28.5. The second-order valence-corrected chi connectivity index (χ2v) is 12.7. The van der Waals surface area contributed by atoms with Crippen LogP contribution in [-0.2, 0) is 10.2 Å². The van der Waals surface area contributed by atoms with E-state index in [-0.39, 0.29) is 11.9 Å². The number of nitriles is 1. The van der Waals surface area contributed by atoms with Crippen molar-refractivity contribution in [2.45, 2.75) is 63.5 Å². The number of urea groups is 1. The Balaban J connectivity index is 1.36. The molecule has 1 heterocycles. The maximum Gasteiger partial charge on any atom is 0.319 e. The number of likely N-dealkylation sites (tertiary alicyclic amines) is 1. The summed E-state index contributed by atoms with van der Waals surface area (Å²) in [6.07, 6.45) is 4.78. The molecule has 214 valence electrons. The number of anilines is 1. The summed E-state index contributed by atoms with van der Waals surface area (Å²) in [5, 5.41) is 14.8. The number of hydrogen-bond acceptors (Lipinski definition) is 5. The van der Waals surface area contributed by atoms with Gasteiger partial charge in [-0.05, 0) is 73.9 Å². The van der Waals surface area contributed by atoms with Crippen molar-refractivity contribution in [1.82, 2.24) is 19.2 Å². The first-order chi connectivity index (χ1) is 19.1. The highest BCUT2D eigenvalue weighted by atomic mass is 32.2. The molecule has 1 saturated heterocycles. The quantitative estimate of drug-likeness (QED) is 0.470. The van der Waals surface area contributed by atoms with Crippen molar-refractivity contribution in [3.63, 3.8) is 0 Å². The molecule has 0 bridgehead atoms. The summed E-state index contributed by atoms with van der Waals surface area (Å²) in [4.78, 5) is 28.1. The second-order valence-electron chi connectivity index (χ2n) is 10.8. The summed E-state index contributed by atoms with van der Waals surface area (Å²) in [7, 11) is -0.688. The lowest BCUT2D eigenvalue weighted by molar-refractivity contribution is 0.0713. The molecular formula is C29H38N6O4S. The van der Waals surface area contributed by atoms with Gasteiger partial charge in [0.15, 0.2) is 0 Å². The maximum absolute atomic E-state index is 13.3. The Morgan fingerprint density at radius 1 is 0.975 bits per heavy atom. The molecule has 11 heteroatoms. The number of carbonyl (C=O) groups excluding carboxylic acids is 2. The first-order valence-electron chi connectivity index (χ1n) is 13.7. The molecule has 2 fully saturated rings. The van der Waals surface area contributed by atoms with Gasteiger partial charge in [0, 0.05) is 50.5 Å². The van der Waals surface area contributed by atoms with Gasteiger partial charge in [0.05, 0.1) is 11.6 Å². The van der Waals surface area contributed by atoms with E-state index in [1.807, 2.05) is 42.2 Å². The normalized spacial score (nSPS) is 20.1. The molecule has 40 heavy (non-hydrogen) atoms. The van der Waals surface area contributed by atoms with Gasteiger partial charge in [-0.15, -0.1) is 0 Å². The zero-order valence-electron chi connectivity index (χ0n) is 23.3. The molecule has 10 nitrogen and oxygen atoms in total. The van der Waals surface area contributed by atoms with Gasteiger partial charge in [0.2, 0.25) is 0 Å². The molecular weight excluding hydrogens is 528 g/mol. The fraction of sp³-hybridized carbons (Fsp3) is 0.483. The van der Waals surface area contributed by atoms with Gasteiger partial charge in [-0.1, -0.05) is 31.0 Å². The Labute approximate surface area is 236 Å². The van der Waals surface area contributed by atoms with Crippen molar-refractivity contribution in [3.8, 4) is 6.07 Å². The minimum atomic E-state index is -3.62. The number of nitrogens with zero attached hydrogens (tertiary/aromatic N) is 3. The van der Waals surface area contributed by atoms with Crippen LogP contribution in [0.1, 0.15) is 71.5 Å². The van der Waals surface area contributed by atoms with Crippen molar-refractivity contribution in [3.05, 3.63) is 64.7 Å². The van der Waals surface area contributed by atoms with Crippen LogP contribution in [0.3, 0.4) is 0 Å². The minimum Gasteiger partial charge on any atom is -0.339 e. The molecule has 1 aliphatic heterocycles. The van der Waals surface area contributed by atoms with Crippen LogP contribution in [0.15, 0.2) is 42.5 Å². The molecule has 2 atom stereocenters. The Morgan fingerprint density at radius 2 is 1.62 bits per heavy atom. The van der Waals surface area contributed by atoms with E-state index in [1.165, 1.54) is 19.7 Å². The molecule has 2 aromatic rings. The van der Waals surface area contributed by atoms with Crippen LogP contribution < -0.4 is 15.4 Å². The van der Waals surface area contributed by atoms with Crippen molar-refractivity contribution in [2.24, 2.45) is 0 Å². The smallest absolute Gasteiger partial charge is 0.319 e. The monoisotopic (exact) mass is 566 g/mol. The van der Waals surface area contributed by atoms with E-state index in [4.69, 9.17) is 5.26 Å².